The van der Waals surface area contributed by atoms with E-state index in [9.17, 15) is 4.79 Å². The number of methoxy groups -OCH3 is 1. The van der Waals surface area contributed by atoms with E-state index < -0.39 is 0 Å². The number of anilines is 1. The molecule has 0 unspecified atom stereocenters. The van der Waals surface area contributed by atoms with Crippen LogP contribution in [0.5, 0.6) is 5.75 Å². The van der Waals surface area contributed by atoms with Gasteiger partial charge in [-0.2, -0.15) is 0 Å². The Labute approximate surface area is 119 Å². The van der Waals surface area contributed by atoms with Crippen LogP contribution in [0.1, 0.15) is 19.4 Å². The maximum Gasteiger partial charge on any atom is 0.221 e. The summed E-state index contributed by atoms with van der Waals surface area (Å²) in [5, 5.41) is 2.77. The van der Waals surface area contributed by atoms with Crippen molar-refractivity contribution < 1.29 is 9.53 Å². The number of carbonyl (C=O) groups excluding carboxylic acids is 1. The highest BCUT2D eigenvalue weighted by Crippen LogP contribution is 2.32. The lowest BCUT2D eigenvalue weighted by molar-refractivity contribution is -0.114. The van der Waals surface area contributed by atoms with Gasteiger partial charge in [-0.1, -0.05) is 37.3 Å². The summed E-state index contributed by atoms with van der Waals surface area (Å²) in [6.45, 7) is 3.63. The second-order valence-electron chi connectivity index (χ2n) is 4.61. The molecule has 0 spiro atoms. The maximum atomic E-state index is 11.2. The van der Waals surface area contributed by atoms with Crippen molar-refractivity contribution in [1.29, 1.82) is 0 Å². The highest BCUT2D eigenvalue weighted by Gasteiger charge is 2.09. The van der Waals surface area contributed by atoms with E-state index in [1.165, 1.54) is 18.1 Å². The zero-order valence-corrected chi connectivity index (χ0v) is 12.1. The van der Waals surface area contributed by atoms with E-state index in [1.54, 1.807) is 7.11 Å². The van der Waals surface area contributed by atoms with Crippen LogP contribution < -0.4 is 10.1 Å². The third-order valence-electron chi connectivity index (χ3n) is 3.22. The second-order valence-corrected chi connectivity index (χ2v) is 4.61. The standard InChI is InChI=1S/C17H19NO2/c1-4-13-7-5-6-8-15(13)14-9-10-16(18-12(2)19)17(11-14)20-3/h5-11H,4H2,1-3H3,(H,18,19). The smallest absolute Gasteiger partial charge is 0.221 e. The average Bonchev–Trinajstić information content (AvgIpc) is 2.47. The molecule has 0 atom stereocenters. The molecule has 1 N–H and O–H groups in total. The average molecular weight is 269 g/mol. The number of hydrogen-bond donors (Lipinski definition) is 1. The third-order valence-corrected chi connectivity index (χ3v) is 3.22. The van der Waals surface area contributed by atoms with Gasteiger partial charge in [-0.15, -0.1) is 0 Å². The van der Waals surface area contributed by atoms with Crippen LogP contribution in [0.3, 0.4) is 0 Å². The topological polar surface area (TPSA) is 38.3 Å². The van der Waals surface area contributed by atoms with Crippen LogP contribution >= 0.6 is 0 Å². The molecule has 0 saturated heterocycles. The quantitative estimate of drug-likeness (QED) is 0.914. The minimum Gasteiger partial charge on any atom is -0.495 e. The van der Waals surface area contributed by atoms with Gasteiger partial charge in [0.25, 0.3) is 0 Å². The highest BCUT2D eigenvalue weighted by atomic mass is 16.5. The molecule has 3 heteroatoms. The van der Waals surface area contributed by atoms with Crippen molar-refractivity contribution in [3.05, 3.63) is 48.0 Å². The molecule has 1 amide bonds. The zero-order chi connectivity index (χ0) is 14.5. The molecule has 20 heavy (non-hydrogen) atoms. The maximum absolute atomic E-state index is 11.2. The Morgan fingerprint density at radius 2 is 1.95 bits per heavy atom. The van der Waals surface area contributed by atoms with Crippen LogP contribution in [-0.2, 0) is 11.2 Å². The number of rotatable bonds is 4. The Kier molecular flexibility index (Phi) is 4.41. The Morgan fingerprint density at radius 3 is 2.60 bits per heavy atom. The molecule has 2 aromatic carbocycles. The molecule has 0 aromatic heterocycles. The molecule has 104 valence electrons. The summed E-state index contributed by atoms with van der Waals surface area (Å²) in [6, 6.07) is 14.1. The molecule has 0 heterocycles. The van der Waals surface area contributed by atoms with Crippen LogP contribution in [-0.4, -0.2) is 13.0 Å². The first kappa shape index (κ1) is 14.1. The fourth-order valence-corrected chi connectivity index (χ4v) is 2.26. The van der Waals surface area contributed by atoms with Gasteiger partial charge >= 0.3 is 0 Å². The van der Waals surface area contributed by atoms with Gasteiger partial charge in [0.15, 0.2) is 0 Å². The van der Waals surface area contributed by atoms with Crippen LogP contribution in [0.15, 0.2) is 42.5 Å². The molecule has 0 aliphatic rings. The molecule has 2 rings (SSSR count). The van der Waals surface area contributed by atoms with Crippen LogP contribution in [0.4, 0.5) is 5.69 Å². The largest absolute Gasteiger partial charge is 0.495 e. The van der Waals surface area contributed by atoms with E-state index in [4.69, 9.17) is 4.74 Å². The van der Waals surface area contributed by atoms with Gasteiger partial charge in [0.1, 0.15) is 5.75 Å². The van der Waals surface area contributed by atoms with Crippen molar-refractivity contribution in [3.63, 3.8) is 0 Å². The Hall–Kier alpha value is -2.29. The van der Waals surface area contributed by atoms with E-state index in [-0.39, 0.29) is 5.91 Å². The second kappa shape index (κ2) is 6.24. The number of hydrogen-bond acceptors (Lipinski definition) is 2. The summed E-state index contributed by atoms with van der Waals surface area (Å²) in [7, 11) is 1.61. The minimum absolute atomic E-state index is 0.106. The van der Waals surface area contributed by atoms with Crippen LogP contribution in [0, 0.1) is 0 Å². The zero-order valence-electron chi connectivity index (χ0n) is 12.1. The number of amides is 1. The monoisotopic (exact) mass is 269 g/mol. The summed E-state index contributed by atoms with van der Waals surface area (Å²) in [6.07, 6.45) is 0.978. The van der Waals surface area contributed by atoms with Crippen molar-refractivity contribution in [2.45, 2.75) is 20.3 Å². The summed E-state index contributed by atoms with van der Waals surface area (Å²) >= 11 is 0. The molecule has 3 nitrogen and oxygen atoms in total. The van der Waals surface area contributed by atoms with E-state index in [1.807, 2.05) is 30.3 Å². The van der Waals surface area contributed by atoms with Gasteiger partial charge in [-0.05, 0) is 35.2 Å². The number of ether oxygens (including phenoxy) is 1. The van der Waals surface area contributed by atoms with Crippen molar-refractivity contribution >= 4 is 11.6 Å². The lowest BCUT2D eigenvalue weighted by atomic mass is 9.97. The fraction of sp³-hybridized carbons (Fsp3) is 0.235. The molecule has 0 fully saturated rings. The molecular weight excluding hydrogens is 250 g/mol. The minimum atomic E-state index is -0.106. The Morgan fingerprint density at radius 1 is 1.20 bits per heavy atom. The summed E-state index contributed by atoms with van der Waals surface area (Å²) in [5.41, 5.74) is 4.27. The number of carbonyl (C=O) groups is 1. The van der Waals surface area contributed by atoms with Gasteiger partial charge < -0.3 is 10.1 Å². The Balaban J connectivity index is 2.46. The van der Waals surface area contributed by atoms with E-state index in [0.29, 0.717) is 11.4 Å². The Bertz CT molecular complexity index is 620. The summed E-state index contributed by atoms with van der Waals surface area (Å²) in [5.74, 6) is 0.564. The molecule has 0 bridgehead atoms. The first-order valence-corrected chi connectivity index (χ1v) is 6.69. The molecule has 0 aliphatic heterocycles. The highest BCUT2D eigenvalue weighted by molar-refractivity contribution is 5.91. The van der Waals surface area contributed by atoms with Crippen LogP contribution in [0.2, 0.25) is 0 Å². The molecular formula is C17H19NO2. The van der Waals surface area contributed by atoms with Gasteiger partial charge in [-0.3, -0.25) is 4.79 Å². The normalized spacial score (nSPS) is 10.2. The van der Waals surface area contributed by atoms with Gasteiger partial charge in [0.2, 0.25) is 5.91 Å². The molecule has 2 aromatic rings. The van der Waals surface area contributed by atoms with Crippen molar-refractivity contribution in [3.8, 4) is 16.9 Å². The van der Waals surface area contributed by atoms with E-state index in [2.05, 4.69) is 24.4 Å². The number of benzene rings is 2. The van der Waals surface area contributed by atoms with Gasteiger partial charge in [0, 0.05) is 6.92 Å². The summed E-state index contributed by atoms with van der Waals surface area (Å²) < 4.78 is 5.37. The third kappa shape index (κ3) is 2.99. The molecule has 0 aliphatic carbocycles. The number of aryl methyl sites for hydroxylation is 1. The number of nitrogens with one attached hydrogen (secondary N) is 1. The SMILES string of the molecule is CCc1ccccc1-c1ccc(NC(C)=O)c(OC)c1. The van der Waals surface area contributed by atoms with Gasteiger partial charge in [0.05, 0.1) is 12.8 Å². The predicted molar refractivity (Wildman–Crippen MR) is 82.1 cm³/mol. The van der Waals surface area contributed by atoms with Crippen LogP contribution in [0.25, 0.3) is 11.1 Å². The summed E-state index contributed by atoms with van der Waals surface area (Å²) in [4.78, 5) is 11.2. The van der Waals surface area contributed by atoms with Crippen molar-refractivity contribution in [2.75, 3.05) is 12.4 Å². The van der Waals surface area contributed by atoms with Crippen molar-refractivity contribution in [1.82, 2.24) is 0 Å². The molecule has 0 radical (unpaired) electrons. The first-order valence-electron chi connectivity index (χ1n) is 6.69. The van der Waals surface area contributed by atoms with Gasteiger partial charge in [-0.25, -0.2) is 0 Å². The van der Waals surface area contributed by atoms with Crippen molar-refractivity contribution in [2.24, 2.45) is 0 Å². The van der Waals surface area contributed by atoms with E-state index >= 15 is 0 Å². The lowest BCUT2D eigenvalue weighted by Crippen LogP contribution is -2.07. The lowest BCUT2D eigenvalue weighted by Gasteiger charge is -2.13. The first-order chi connectivity index (χ1) is 9.65. The fourth-order valence-electron chi connectivity index (χ4n) is 2.26. The molecule has 0 saturated carbocycles. The predicted octanol–water partition coefficient (Wildman–Crippen LogP) is 3.88. The van der Waals surface area contributed by atoms with E-state index in [0.717, 1.165) is 12.0 Å².